The molecule has 0 aromatic heterocycles. The zero-order valence-corrected chi connectivity index (χ0v) is 18.8. The van der Waals surface area contributed by atoms with Gasteiger partial charge >= 0.3 is 0 Å². The van der Waals surface area contributed by atoms with Crippen molar-refractivity contribution in [2.45, 2.75) is 33.4 Å². The smallest absolute Gasteiger partial charge is 0.268 e. The van der Waals surface area contributed by atoms with Gasteiger partial charge < -0.3 is 15.7 Å². The molecular weight excluding hydrogens is 436 g/mol. The summed E-state index contributed by atoms with van der Waals surface area (Å²) in [5, 5.41) is 23.5. The van der Waals surface area contributed by atoms with Gasteiger partial charge in [0, 0.05) is 22.4 Å². The monoisotopic (exact) mass is 468 g/mol. The summed E-state index contributed by atoms with van der Waals surface area (Å²) in [7, 11) is 1.87. The Labute approximate surface area is 200 Å². The second-order valence-electron chi connectivity index (χ2n) is 7.45. The molecule has 5 N–H and O–H groups in total. The van der Waals surface area contributed by atoms with E-state index in [-0.39, 0.29) is 18.9 Å². The lowest BCUT2D eigenvalue weighted by atomic mass is 10.1. The average molecular weight is 469 g/mol. The number of anilines is 1. The van der Waals surface area contributed by atoms with E-state index in [4.69, 9.17) is 5.21 Å². The predicted molar refractivity (Wildman–Crippen MR) is 130 cm³/mol. The first-order valence-corrected chi connectivity index (χ1v) is 10.4. The second kappa shape index (κ2) is 13.7. The lowest BCUT2D eigenvalue weighted by Gasteiger charge is -2.19. The molecule has 0 aliphatic rings. The average Bonchev–Trinajstić information content (AvgIpc) is 2.81. The lowest BCUT2D eigenvalue weighted by molar-refractivity contribution is -0.133. The van der Waals surface area contributed by atoms with E-state index in [0.717, 1.165) is 12.1 Å². The topological polar surface area (TPSA) is 131 Å². The van der Waals surface area contributed by atoms with Crippen LogP contribution in [0.4, 0.5) is 5.69 Å². The number of nitrogens with one attached hydrogen (secondary N) is 3. The molecule has 2 aromatic carbocycles. The molecule has 9 heteroatoms. The molecule has 0 heterocycles. The summed E-state index contributed by atoms with van der Waals surface area (Å²) in [6.07, 6.45) is -1.19. The Bertz CT molecular complexity index is 1020. The number of aliphatic hydroxyl groups is 1. The molecule has 2 atom stereocenters. The molecule has 0 unspecified atom stereocenters. The summed E-state index contributed by atoms with van der Waals surface area (Å²) in [6.45, 7) is 4.41. The number of aliphatic hydroxyl groups excluding tert-OH is 1. The fourth-order valence-corrected chi connectivity index (χ4v) is 2.74. The number of hydroxylamine groups is 1. The maximum absolute atomic E-state index is 12.3. The third-order valence-electron chi connectivity index (χ3n) is 4.78. The molecule has 3 amide bonds. The zero-order valence-electron chi connectivity index (χ0n) is 18.8. The molecule has 0 aliphatic carbocycles. The number of carbonyl (C=O) groups is 3. The largest absolute Gasteiger partial charge is 0.391 e. The number of hydrogen-bond acceptors (Lipinski definition) is 6. The number of benzene rings is 2. The Kier molecular flexibility index (Phi) is 11.5. The van der Waals surface area contributed by atoms with Crippen molar-refractivity contribution in [1.82, 2.24) is 15.7 Å². The Morgan fingerprint density at radius 1 is 1.00 bits per heavy atom. The molecule has 0 aliphatic heterocycles. The van der Waals surface area contributed by atoms with E-state index in [1.165, 1.54) is 12.4 Å². The van der Waals surface area contributed by atoms with Gasteiger partial charge in [0.2, 0.25) is 5.91 Å². The van der Waals surface area contributed by atoms with Crippen molar-refractivity contribution in [3.05, 3.63) is 65.2 Å². The molecule has 0 radical (unpaired) electrons. The first-order valence-electron chi connectivity index (χ1n) is 10.4. The van der Waals surface area contributed by atoms with E-state index in [1.54, 1.807) is 48.5 Å². The summed E-state index contributed by atoms with van der Waals surface area (Å²) in [6, 6.07) is 12.3. The molecule has 34 heavy (non-hydrogen) atoms. The first-order chi connectivity index (χ1) is 15.7. The summed E-state index contributed by atoms with van der Waals surface area (Å²) in [5.74, 6) is 4.43. The van der Waals surface area contributed by atoms with Crippen LogP contribution in [-0.2, 0) is 9.59 Å². The normalized spacial score (nSPS) is 11.8. The Hall–Kier alpha value is -3.71. The minimum Gasteiger partial charge on any atom is -0.391 e. The second-order valence-corrected chi connectivity index (χ2v) is 7.45. The first kappa shape index (κ1) is 28.3. The SMILES string of the molecule is C.CCN(C)CC(=O)Nc1ccc(C#Cc2ccc(C(=O)N[C@H](C(=O)NO)[C@@H](C)O)cc2)cc1. The van der Waals surface area contributed by atoms with E-state index in [0.29, 0.717) is 17.8 Å². The molecular formula is C25H32N4O5. The van der Waals surface area contributed by atoms with Gasteiger partial charge in [-0.25, -0.2) is 5.48 Å². The van der Waals surface area contributed by atoms with Crippen LogP contribution in [0.5, 0.6) is 0 Å². The molecule has 0 saturated carbocycles. The van der Waals surface area contributed by atoms with Gasteiger partial charge in [-0.15, -0.1) is 0 Å². The number of amides is 3. The third-order valence-corrected chi connectivity index (χ3v) is 4.78. The van der Waals surface area contributed by atoms with Crippen LogP contribution in [0.1, 0.15) is 42.8 Å². The van der Waals surface area contributed by atoms with Gasteiger partial charge in [0.05, 0.1) is 12.6 Å². The van der Waals surface area contributed by atoms with Gasteiger partial charge in [-0.1, -0.05) is 26.2 Å². The fourth-order valence-electron chi connectivity index (χ4n) is 2.74. The van der Waals surface area contributed by atoms with E-state index >= 15 is 0 Å². The Balaban J connectivity index is 0.00000578. The molecule has 9 nitrogen and oxygen atoms in total. The minimum atomic E-state index is -1.29. The highest BCUT2D eigenvalue weighted by Crippen LogP contribution is 2.10. The highest BCUT2D eigenvalue weighted by Gasteiger charge is 2.25. The number of hydrogen-bond donors (Lipinski definition) is 5. The number of likely N-dealkylation sites (N-methyl/N-ethyl adjacent to an activating group) is 1. The zero-order chi connectivity index (χ0) is 24.4. The van der Waals surface area contributed by atoms with Crippen molar-refractivity contribution in [2.24, 2.45) is 0 Å². The summed E-state index contributed by atoms with van der Waals surface area (Å²) >= 11 is 0. The molecule has 2 rings (SSSR count). The summed E-state index contributed by atoms with van der Waals surface area (Å²) in [5.41, 5.74) is 3.80. The van der Waals surface area contributed by atoms with Crippen LogP contribution in [-0.4, -0.2) is 65.2 Å². The van der Waals surface area contributed by atoms with E-state index in [2.05, 4.69) is 22.5 Å². The minimum absolute atomic E-state index is 0. The van der Waals surface area contributed by atoms with Crippen molar-refractivity contribution < 1.29 is 24.7 Å². The lowest BCUT2D eigenvalue weighted by Crippen LogP contribution is -2.51. The number of rotatable bonds is 8. The number of nitrogens with zero attached hydrogens (tertiary/aromatic N) is 1. The van der Waals surface area contributed by atoms with Crippen LogP contribution in [0, 0.1) is 11.8 Å². The van der Waals surface area contributed by atoms with E-state index in [9.17, 15) is 19.5 Å². The molecule has 0 bridgehead atoms. The van der Waals surface area contributed by atoms with Gasteiger partial charge in [-0.3, -0.25) is 24.5 Å². The van der Waals surface area contributed by atoms with Crippen molar-refractivity contribution in [1.29, 1.82) is 0 Å². The van der Waals surface area contributed by atoms with Crippen LogP contribution in [0.2, 0.25) is 0 Å². The van der Waals surface area contributed by atoms with E-state index in [1.807, 2.05) is 18.9 Å². The van der Waals surface area contributed by atoms with Crippen molar-refractivity contribution in [2.75, 3.05) is 25.5 Å². The van der Waals surface area contributed by atoms with Crippen molar-refractivity contribution >= 4 is 23.4 Å². The van der Waals surface area contributed by atoms with Crippen LogP contribution in [0.3, 0.4) is 0 Å². The maximum Gasteiger partial charge on any atom is 0.268 e. The molecule has 2 aromatic rings. The standard InChI is InChI=1S/C24H28N4O5.CH4/c1-4-28(3)15-21(30)25-20-13-9-18(10-14-20)6-5-17-7-11-19(12-8-17)23(31)26-22(16(2)29)24(32)27-33;/h7-14,16,22,29,33H,4,15H2,1-3H3,(H,25,30)(H,26,31)(H,27,32);1H4/t16-,22+;/m1./s1. The third kappa shape index (κ3) is 8.67. The van der Waals surface area contributed by atoms with Gasteiger partial charge in [0.1, 0.15) is 6.04 Å². The fraction of sp³-hybridized carbons (Fsp3) is 0.320. The molecule has 0 spiro atoms. The van der Waals surface area contributed by atoms with Gasteiger partial charge in [0.15, 0.2) is 0 Å². The van der Waals surface area contributed by atoms with Gasteiger partial charge in [-0.05, 0) is 69.0 Å². The molecule has 0 fully saturated rings. The van der Waals surface area contributed by atoms with Crippen LogP contribution >= 0.6 is 0 Å². The maximum atomic E-state index is 12.3. The summed E-state index contributed by atoms with van der Waals surface area (Å²) < 4.78 is 0. The van der Waals surface area contributed by atoms with Crippen molar-refractivity contribution in [3.8, 4) is 11.8 Å². The summed E-state index contributed by atoms with van der Waals surface area (Å²) in [4.78, 5) is 37.7. The molecule has 182 valence electrons. The van der Waals surface area contributed by atoms with Gasteiger partial charge in [0.25, 0.3) is 11.8 Å². The van der Waals surface area contributed by atoms with Crippen LogP contribution < -0.4 is 16.1 Å². The van der Waals surface area contributed by atoms with Crippen molar-refractivity contribution in [3.63, 3.8) is 0 Å². The quantitative estimate of drug-likeness (QED) is 0.227. The van der Waals surface area contributed by atoms with E-state index < -0.39 is 24.0 Å². The Morgan fingerprint density at radius 2 is 1.53 bits per heavy atom. The molecule has 0 saturated heterocycles. The predicted octanol–water partition coefficient (Wildman–Crippen LogP) is 1.60. The Morgan fingerprint density at radius 3 is 2.00 bits per heavy atom. The van der Waals surface area contributed by atoms with Gasteiger partial charge in [-0.2, -0.15) is 0 Å². The van der Waals surface area contributed by atoms with Crippen LogP contribution in [0.25, 0.3) is 0 Å². The highest BCUT2D eigenvalue weighted by atomic mass is 16.5. The number of carbonyl (C=O) groups excluding carboxylic acids is 3. The van der Waals surface area contributed by atoms with Crippen LogP contribution in [0.15, 0.2) is 48.5 Å². The highest BCUT2D eigenvalue weighted by molar-refractivity contribution is 5.97.